The zero-order valence-corrected chi connectivity index (χ0v) is 14.2. The van der Waals surface area contributed by atoms with Gasteiger partial charge in [0.15, 0.2) is 5.76 Å². The van der Waals surface area contributed by atoms with Gasteiger partial charge in [-0.05, 0) is 18.5 Å². The number of nitrogens with zero attached hydrogens (tertiary/aromatic N) is 3. The van der Waals surface area contributed by atoms with Crippen LogP contribution in [-0.4, -0.2) is 72.6 Å². The first-order valence-electron chi connectivity index (χ1n) is 7.87. The summed E-state index contributed by atoms with van der Waals surface area (Å²) in [6, 6.07) is 5.98. The first-order chi connectivity index (χ1) is 11.2. The third kappa shape index (κ3) is 4.86. The Bertz CT molecular complexity index is 581. The highest BCUT2D eigenvalue weighted by Gasteiger charge is 2.17. The lowest BCUT2D eigenvalue weighted by Gasteiger charge is -2.29. The number of ether oxygens (including phenoxy) is 1. The highest BCUT2D eigenvalue weighted by Crippen LogP contribution is 2.25. The molecule has 0 bridgehead atoms. The summed E-state index contributed by atoms with van der Waals surface area (Å²) < 4.78 is 10.7. The highest BCUT2D eigenvalue weighted by atomic mass is 32.1. The molecule has 7 heteroatoms. The Morgan fingerprint density at radius 3 is 3.00 bits per heavy atom. The standard InChI is InChI=1S/C16H23N3O3S/c1-18(11-14(20)12-19-4-6-21-7-5-19)10-13-9-15(22-17-13)16-3-2-8-23-16/h2-3,8-9,14,20H,4-7,10-12H2,1H3. The smallest absolute Gasteiger partial charge is 0.177 e. The van der Waals surface area contributed by atoms with Crippen LogP contribution in [0, 0.1) is 0 Å². The maximum atomic E-state index is 10.2. The molecule has 0 radical (unpaired) electrons. The molecule has 0 aromatic carbocycles. The molecule has 2 aromatic rings. The molecule has 1 N–H and O–H groups in total. The van der Waals surface area contributed by atoms with Crippen molar-refractivity contribution in [1.82, 2.24) is 15.0 Å². The molecule has 1 aliphatic heterocycles. The van der Waals surface area contributed by atoms with Gasteiger partial charge in [0.2, 0.25) is 0 Å². The van der Waals surface area contributed by atoms with Crippen molar-refractivity contribution in [2.75, 3.05) is 46.4 Å². The van der Waals surface area contributed by atoms with Gasteiger partial charge < -0.3 is 14.4 Å². The fourth-order valence-electron chi connectivity index (χ4n) is 2.76. The van der Waals surface area contributed by atoms with E-state index in [4.69, 9.17) is 9.26 Å². The minimum atomic E-state index is -0.373. The van der Waals surface area contributed by atoms with Crippen molar-refractivity contribution >= 4 is 11.3 Å². The molecule has 1 saturated heterocycles. The molecule has 0 aliphatic carbocycles. The van der Waals surface area contributed by atoms with Crippen LogP contribution in [0.4, 0.5) is 0 Å². The van der Waals surface area contributed by atoms with Gasteiger partial charge in [-0.25, -0.2) is 0 Å². The number of aliphatic hydroxyl groups is 1. The van der Waals surface area contributed by atoms with E-state index in [0.717, 1.165) is 42.6 Å². The van der Waals surface area contributed by atoms with Crippen molar-refractivity contribution in [1.29, 1.82) is 0 Å². The number of thiophene rings is 1. The van der Waals surface area contributed by atoms with Crippen LogP contribution in [-0.2, 0) is 11.3 Å². The first-order valence-corrected chi connectivity index (χ1v) is 8.75. The van der Waals surface area contributed by atoms with E-state index in [9.17, 15) is 5.11 Å². The van der Waals surface area contributed by atoms with Crippen LogP contribution in [0.3, 0.4) is 0 Å². The number of rotatable bonds is 7. The Kier molecular flexibility index (Phi) is 5.80. The quantitative estimate of drug-likeness (QED) is 0.827. The third-order valence-electron chi connectivity index (χ3n) is 3.85. The number of hydrogen-bond donors (Lipinski definition) is 1. The van der Waals surface area contributed by atoms with E-state index in [1.165, 1.54) is 0 Å². The van der Waals surface area contributed by atoms with E-state index in [1.807, 2.05) is 30.6 Å². The van der Waals surface area contributed by atoms with Gasteiger partial charge >= 0.3 is 0 Å². The molecule has 3 heterocycles. The Hall–Kier alpha value is -1.25. The zero-order chi connectivity index (χ0) is 16.1. The fourth-order valence-corrected chi connectivity index (χ4v) is 3.43. The second-order valence-electron chi connectivity index (χ2n) is 5.92. The number of β-amino-alcohol motifs (C(OH)–C–C–N with tert-alkyl or cyclic N) is 1. The second-order valence-corrected chi connectivity index (χ2v) is 6.87. The molecule has 1 aliphatic rings. The molecule has 23 heavy (non-hydrogen) atoms. The summed E-state index contributed by atoms with van der Waals surface area (Å²) >= 11 is 1.64. The summed E-state index contributed by atoms with van der Waals surface area (Å²) in [7, 11) is 1.99. The average Bonchev–Trinajstić information content (AvgIpc) is 3.18. The number of hydrogen-bond acceptors (Lipinski definition) is 7. The summed E-state index contributed by atoms with van der Waals surface area (Å²) in [4.78, 5) is 5.40. The van der Waals surface area contributed by atoms with E-state index in [-0.39, 0.29) is 6.10 Å². The summed E-state index contributed by atoms with van der Waals surface area (Å²) in [5, 5.41) is 16.4. The van der Waals surface area contributed by atoms with E-state index < -0.39 is 0 Å². The van der Waals surface area contributed by atoms with Crippen molar-refractivity contribution in [2.24, 2.45) is 0 Å². The van der Waals surface area contributed by atoms with Gasteiger partial charge in [0.25, 0.3) is 0 Å². The maximum absolute atomic E-state index is 10.2. The van der Waals surface area contributed by atoms with Crippen molar-refractivity contribution in [2.45, 2.75) is 12.6 Å². The summed E-state index contributed by atoms with van der Waals surface area (Å²) in [5.74, 6) is 0.803. The van der Waals surface area contributed by atoms with Crippen LogP contribution < -0.4 is 0 Å². The molecule has 0 amide bonds. The van der Waals surface area contributed by atoms with Crippen LogP contribution >= 0.6 is 11.3 Å². The van der Waals surface area contributed by atoms with Crippen LogP contribution in [0.25, 0.3) is 10.6 Å². The minimum Gasteiger partial charge on any atom is -0.390 e. The van der Waals surface area contributed by atoms with Crippen LogP contribution in [0.5, 0.6) is 0 Å². The Morgan fingerprint density at radius 1 is 1.43 bits per heavy atom. The predicted octanol–water partition coefficient (Wildman–Crippen LogP) is 1.53. The molecule has 0 saturated carbocycles. The first kappa shape index (κ1) is 16.6. The predicted molar refractivity (Wildman–Crippen MR) is 89.4 cm³/mol. The molecule has 2 aromatic heterocycles. The van der Waals surface area contributed by atoms with Gasteiger partial charge in [-0.15, -0.1) is 11.3 Å². The summed E-state index contributed by atoms with van der Waals surface area (Å²) in [5.41, 5.74) is 0.884. The van der Waals surface area contributed by atoms with Crippen molar-refractivity contribution in [3.05, 3.63) is 29.3 Å². The molecule has 1 atom stereocenters. The molecule has 1 unspecified atom stereocenters. The Balaban J connectivity index is 1.46. The maximum Gasteiger partial charge on any atom is 0.177 e. The summed E-state index contributed by atoms with van der Waals surface area (Å²) in [6.07, 6.45) is -0.373. The molecule has 1 fully saturated rings. The van der Waals surface area contributed by atoms with E-state index >= 15 is 0 Å². The van der Waals surface area contributed by atoms with Gasteiger partial charge in [-0.1, -0.05) is 11.2 Å². The number of morpholine rings is 1. The minimum absolute atomic E-state index is 0.373. The van der Waals surface area contributed by atoms with Crippen LogP contribution in [0.15, 0.2) is 28.1 Å². The third-order valence-corrected chi connectivity index (χ3v) is 4.73. The number of likely N-dealkylation sites (N-methyl/N-ethyl adjacent to an activating group) is 1. The molecule has 0 spiro atoms. The van der Waals surface area contributed by atoms with Gasteiger partial charge in [-0.3, -0.25) is 9.80 Å². The summed E-state index contributed by atoms with van der Waals surface area (Å²) in [6.45, 7) is 5.27. The molecule has 6 nitrogen and oxygen atoms in total. The lowest BCUT2D eigenvalue weighted by Crippen LogP contribution is -2.43. The highest BCUT2D eigenvalue weighted by molar-refractivity contribution is 7.13. The van der Waals surface area contributed by atoms with Crippen molar-refractivity contribution < 1.29 is 14.4 Å². The topological polar surface area (TPSA) is 62.0 Å². The Morgan fingerprint density at radius 2 is 2.26 bits per heavy atom. The molecular formula is C16H23N3O3S. The van der Waals surface area contributed by atoms with Gasteiger partial charge in [0.1, 0.15) is 0 Å². The van der Waals surface area contributed by atoms with Gasteiger partial charge in [0.05, 0.1) is 29.9 Å². The second kappa shape index (κ2) is 8.03. The fraction of sp³-hybridized carbons (Fsp3) is 0.562. The zero-order valence-electron chi connectivity index (χ0n) is 13.4. The van der Waals surface area contributed by atoms with Gasteiger partial charge in [-0.2, -0.15) is 0 Å². The van der Waals surface area contributed by atoms with E-state index in [0.29, 0.717) is 19.6 Å². The van der Waals surface area contributed by atoms with Crippen LogP contribution in [0.1, 0.15) is 5.69 Å². The lowest BCUT2D eigenvalue weighted by molar-refractivity contribution is 0.00814. The van der Waals surface area contributed by atoms with Crippen molar-refractivity contribution in [3.63, 3.8) is 0 Å². The lowest BCUT2D eigenvalue weighted by atomic mass is 10.2. The van der Waals surface area contributed by atoms with E-state index in [2.05, 4.69) is 15.0 Å². The monoisotopic (exact) mass is 337 g/mol. The average molecular weight is 337 g/mol. The Labute approximate surface area is 140 Å². The normalized spacial score (nSPS) is 17.7. The van der Waals surface area contributed by atoms with Gasteiger partial charge in [0, 0.05) is 38.8 Å². The number of aromatic nitrogens is 1. The van der Waals surface area contributed by atoms with E-state index in [1.54, 1.807) is 11.3 Å². The molecule has 126 valence electrons. The van der Waals surface area contributed by atoms with Crippen molar-refractivity contribution in [3.8, 4) is 10.6 Å². The molecule has 3 rings (SSSR count). The van der Waals surface area contributed by atoms with Crippen LogP contribution in [0.2, 0.25) is 0 Å². The number of aliphatic hydroxyl groups excluding tert-OH is 1. The SMILES string of the molecule is CN(Cc1cc(-c2cccs2)on1)CC(O)CN1CCOCC1. The molecular weight excluding hydrogens is 314 g/mol. The largest absolute Gasteiger partial charge is 0.390 e.